The Bertz CT molecular complexity index is 1380. The number of aromatic nitrogens is 3. The molecule has 2 N–H and O–H groups in total. The molecule has 5 rings (SSSR count). The molecule has 174 valence electrons. The molecule has 0 radical (unpaired) electrons. The van der Waals surface area contributed by atoms with E-state index in [-0.39, 0.29) is 17.2 Å². The molecule has 2 aromatic carbocycles. The SMILES string of the molecule is CC(C)(O)c1ncc(-c2cc3c(NC4(c5ccccc5F)CCC4)c(Cl)cnc3cc2F)cn1. The lowest BCUT2D eigenvalue weighted by Crippen LogP contribution is -2.43. The number of hydrogen-bond acceptors (Lipinski definition) is 5. The number of halogens is 3. The van der Waals surface area contributed by atoms with Crippen molar-refractivity contribution in [1.29, 1.82) is 0 Å². The molecule has 5 nitrogen and oxygen atoms in total. The van der Waals surface area contributed by atoms with Crippen molar-refractivity contribution in [3.63, 3.8) is 0 Å². The van der Waals surface area contributed by atoms with Gasteiger partial charge in [0.2, 0.25) is 0 Å². The van der Waals surface area contributed by atoms with E-state index in [4.69, 9.17) is 11.6 Å². The molecule has 1 fully saturated rings. The topological polar surface area (TPSA) is 70.9 Å². The maximum atomic E-state index is 15.1. The zero-order valence-corrected chi connectivity index (χ0v) is 19.5. The molecule has 34 heavy (non-hydrogen) atoms. The standard InChI is InChI=1S/C26H23ClF2N4O/c1-25(2,34)24-31-12-15(13-32-24)16-10-17-22(11-21(16)29)30-14-19(27)23(17)33-26(8-5-9-26)18-6-3-4-7-20(18)28/h3-4,6-7,10-14,34H,5,8-9H2,1-2H3,(H,30,33). The molecule has 1 aliphatic carbocycles. The molecule has 2 aromatic heterocycles. The number of pyridine rings is 1. The Morgan fingerprint density at radius 2 is 1.71 bits per heavy atom. The van der Waals surface area contributed by atoms with Crippen LogP contribution in [0.4, 0.5) is 14.5 Å². The molecule has 0 bridgehead atoms. The van der Waals surface area contributed by atoms with Crippen LogP contribution in [0.15, 0.2) is 55.0 Å². The predicted molar refractivity (Wildman–Crippen MR) is 129 cm³/mol. The predicted octanol–water partition coefficient (Wildman–Crippen LogP) is 6.34. The smallest absolute Gasteiger partial charge is 0.159 e. The molecule has 0 unspecified atom stereocenters. The largest absolute Gasteiger partial charge is 0.382 e. The van der Waals surface area contributed by atoms with Gasteiger partial charge >= 0.3 is 0 Å². The molecule has 1 aliphatic rings. The summed E-state index contributed by atoms with van der Waals surface area (Å²) in [6.07, 6.45) is 6.86. The molecule has 2 heterocycles. The molecule has 0 amide bonds. The summed E-state index contributed by atoms with van der Waals surface area (Å²) >= 11 is 6.56. The first kappa shape index (κ1) is 22.6. The van der Waals surface area contributed by atoms with Crippen LogP contribution in [-0.2, 0) is 11.1 Å². The highest BCUT2D eigenvalue weighted by molar-refractivity contribution is 6.34. The number of nitrogens with zero attached hydrogens (tertiary/aromatic N) is 3. The number of rotatable bonds is 5. The van der Waals surface area contributed by atoms with E-state index in [0.29, 0.717) is 32.7 Å². The fraction of sp³-hybridized carbons (Fsp3) is 0.269. The van der Waals surface area contributed by atoms with Crippen molar-refractivity contribution in [2.75, 3.05) is 5.32 Å². The number of hydrogen-bond donors (Lipinski definition) is 2. The van der Waals surface area contributed by atoms with Gasteiger partial charge in [0.05, 0.1) is 21.8 Å². The Morgan fingerprint density at radius 3 is 2.32 bits per heavy atom. The van der Waals surface area contributed by atoms with Gasteiger partial charge in [0.25, 0.3) is 0 Å². The van der Waals surface area contributed by atoms with Crippen molar-refractivity contribution in [2.24, 2.45) is 0 Å². The van der Waals surface area contributed by atoms with Gasteiger partial charge in [-0.15, -0.1) is 0 Å². The summed E-state index contributed by atoms with van der Waals surface area (Å²) in [6.45, 7) is 3.16. The third-order valence-electron chi connectivity index (χ3n) is 6.38. The van der Waals surface area contributed by atoms with Crippen LogP contribution in [0.1, 0.15) is 44.5 Å². The highest BCUT2D eigenvalue weighted by Crippen LogP contribution is 2.47. The number of benzene rings is 2. The number of anilines is 1. The van der Waals surface area contributed by atoms with Crippen LogP contribution in [0.2, 0.25) is 5.02 Å². The minimum Gasteiger partial charge on any atom is -0.382 e. The minimum atomic E-state index is -1.21. The first-order chi connectivity index (χ1) is 16.2. The number of aliphatic hydroxyl groups is 1. The second-order valence-electron chi connectivity index (χ2n) is 9.23. The van der Waals surface area contributed by atoms with E-state index in [2.05, 4.69) is 20.3 Å². The van der Waals surface area contributed by atoms with E-state index in [9.17, 15) is 9.50 Å². The van der Waals surface area contributed by atoms with Crippen LogP contribution in [0.25, 0.3) is 22.0 Å². The third kappa shape index (κ3) is 3.89. The van der Waals surface area contributed by atoms with Gasteiger partial charge in [-0.1, -0.05) is 29.8 Å². The Morgan fingerprint density at radius 1 is 1.00 bits per heavy atom. The maximum absolute atomic E-state index is 15.1. The van der Waals surface area contributed by atoms with Crippen molar-refractivity contribution >= 4 is 28.2 Å². The Labute approximate surface area is 200 Å². The van der Waals surface area contributed by atoms with E-state index >= 15 is 4.39 Å². The monoisotopic (exact) mass is 480 g/mol. The van der Waals surface area contributed by atoms with Gasteiger partial charge < -0.3 is 10.4 Å². The molecule has 0 spiro atoms. The summed E-state index contributed by atoms with van der Waals surface area (Å²) < 4.78 is 29.8. The summed E-state index contributed by atoms with van der Waals surface area (Å²) in [5.41, 5.74) is 0.491. The van der Waals surface area contributed by atoms with Crippen LogP contribution in [0, 0.1) is 11.6 Å². The van der Waals surface area contributed by atoms with Crippen molar-refractivity contribution in [2.45, 2.75) is 44.2 Å². The van der Waals surface area contributed by atoms with Crippen LogP contribution < -0.4 is 5.32 Å². The summed E-state index contributed by atoms with van der Waals surface area (Å²) in [6, 6.07) is 9.71. The molecule has 0 atom stereocenters. The number of nitrogens with one attached hydrogen (secondary N) is 1. The molecule has 1 saturated carbocycles. The molecule has 0 saturated heterocycles. The number of fused-ring (bicyclic) bond motifs is 1. The van der Waals surface area contributed by atoms with E-state index in [1.807, 2.05) is 6.07 Å². The molecule has 4 aromatic rings. The Balaban J connectivity index is 1.62. The fourth-order valence-electron chi connectivity index (χ4n) is 4.40. The average molecular weight is 481 g/mol. The second kappa shape index (κ2) is 8.25. The fourth-order valence-corrected chi connectivity index (χ4v) is 4.60. The summed E-state index contributed by atoms with van der Waals surface area (Å²) in [5.74, 6) is -0.526. The molecule has 8 heteroatoms. The molecule has 0 aliphatic heterocycles. The quantitative estimate of drug-likeness (QED) is 0.348. The van der Waals surface area contributed by atoms with Gasteiger partial charge in [-0.2, -0.15) is 0 Å². The second-order valence-corrected chi connectivity index (χ2v) is 9.63. The summed E-state index contributed by atoms with van der Waals surface area (Å²) in [5, 5.41) is 14.6. The van der Waals surface area contributed by atoms with Gasteiger partial charge in [-0.05, 0) is 45.2 Å². The van der Waals surface area contributed by atoms with E-state index in [0.717, 1.165) is 19.3 Å². The van der Waals surface area contributed by atoms with Crippen molar-refractivity contribution in [1.82, 2.24) is 15.0 Å². The van der Waals surface area contributed by atoms with Crippen molar-refractivity contribution < 1.29 is 13.9 Å². The molecular weight excluding hydrogens is 458 g/mol. The highest BCUT2D eigenvalue weighted by atomic mass is 35.5. The van der Waals surface area contributed by atoms with Crippen molar-refractivity contribution in [3.05, 3.63) is 83.0 Å². The van der Waals surface area contributed by atoms with Crippen LogP contribution >= 0.6 is 11.6 Å². The van der Waals surface area contributed by atoms with Crippen LogP contribution in [0.5, 0.6) is 0 Å². The third-order valence-corrected chi connectivity index (χ3v) is 6.67. The van der Waals surface area contributed by atoms with Crippen LogP contribution in [0.3, 0.4) is 0 Å². The van der Waals surface area contributed by atoms with Gasteiger partial charge in [0, 0.05) is 46.7 Å². The first-order valence-corrected chi connectivity index (χ1v) is 11.4. The van der Waals surface area contributed by atoms with E-state index in [1.54, 1.807) is 32.0 Å². The van der Waals surface area contributed by atoms with E-state index < -0.39 is 17.0 Å². The van der Waals surface area contributed by atoms with Crippen molar-refractivity contribution in [3.8, 4) is 11.1 Å². The lowest BCUT2D eigenvalue weighted by atomic mass is 9.71. The maximum Gasteiger partial charge on any atom is 0.159 e. The van der Waals surface area contributed by atoms with Gasteiger partial charge in [-0.25, -0.2) is 18.7 Å². The van der Waals surface area contributed by atoms with Crippen LogP contribution in [-0.4, -0.2) is 20.1 Å². The highest BCUT2D eigenvalue weighted by Gasteiger charge is 2.41. The minimum absolute atomic E-state index is 0.237. The Kier molecular flexibility index (Phi) is 5.49. The molecular formula is C26H23ClF2N4O. The summed E-state index contributed by atoms with van der Waals surface area (Å²) in [7, 11) is 0. The van der Waals surface area contributed by atoms with Gasteiger partial charge in [0.15, 0.2) is 5.82 Å². The lowest BCUT2D eigenvalue weighted by molar-refractivity contribution is 0.0687. The Hall–Kier alpha value is -3.16. The van der Waals surface area contributed by atoms with Gasteiger partial charge in [-0.3, -0.25) is 4.98 Å². The summed E-state index contributed by atoms with van der Waals surface area (Å²) in [4.78, 5) is 12.7. The zero-order chi connectivity index (χ0) is 24.1. The van der Waals surface area contributed by atoms with E-state index in [1.165, 1.54) is 30.7 Å². The lowest BCUT2D eigenvalue weighted by Gasteiger charge is -2.44. The first-order valence-electron chi connectivity index (χ1n) is 11.0. The van der Waals surface area contributed by atoms with Gasteiger partial charge in [0.1, 0.15) is 17.2 Å². The average Bonchev–Trinajstić information content (AvgIpc) is 2.77. The normalized spacial score (nSPS) is 15.2. The zero-order valence-electron chi connectivity index (χ0n) is 18.7.